The summed E-state index contributed by atoms with van der Waals surface area (Å²) in [6.45, 7) is 5.63. The smallest absolute Gasteiger partial charge is 0.118 e. The van der Waals surface area contributed by atoms with E-state index in [1.54, 1.807) is 6.07 Å². The van der Waals surface area contributed by atoms with Gasteiger partial charge in [0.05, 0.1) is 0 Å². The summed E-state index contributed by atoms with van der Waals surface area (Å²) in [6, 6.07) is 5.92. The summed E-state index contributed by atoms with van der Waals surface area (Å²) in [5, 5.41) is 9.41. The maximum absolute atomic E-state index is 9.41. The van der Waals surface area contributed by atoms with Crippen LogP contribution in [0.3, 0.4) is 0 Å². The van der Waals surface area contributed by atoms with Crippen molar-refractivity contribution in [1.29, 1.82) is 0 Å². The number of phenolic OH excluding ortho intramolecular Hbond substituents is 1. The van der Waals surface area contributed by atoms with E-state index in [2.05, 4.69) is 11.0 Å². The van der Waals surface area contributed by atoms with Gasteiger partial charge in [0.25, 0.3) is 0 Å². The van der Waals surface area contributed by atoms with Crippen molar-refractivity contribution in [2.75, 3.05) is 19.6 Å². The van der Waals surface area contributed by atoms with Gasteiger partial charge in [0.15, 0.2) is 0 Å². The van der Waals surface area contributed by atoms with E-state index in [1.165, 1.54) is 31.5 Å². The van der Waals surface area contributed by atoms with Crippen molar-refractivity contribution < 1.29 is 5.11 Å². The molecule has 15 heavy (non-hydrogen) atoms. The highest BCUT2D eigenvalue weighted by molar-refractivity contribution is 5.35. The van der Waals surface area contributed by atoms with Crippen molar-refractivity contribution in [3.63, 3.8) is 0 Å². The number of aromatic hydroxyl groups is 1. The second-order valence-electron chi connectivity index (χ2n) is 4.42. The molecule has 0 spiro atoms. The summed E-state index contributed by atoms with van der Waals surface area (Å²) in [4.78, 5) is 2.52. The second kappa shape index (κ2) is 4.67. The van der Waals surface area contributed by atoms with Crippen LogP contribution in [0.4, 0.5) is 0 Å². The van der Waals surface area contributed by atoms with E-state index in [4.69, 9.17) is 0 Å². The van der Waals surface area contributed by atoms with Crippen LogP contribution in [-0.2, 0) is 6.42 Å². The molecular weight excluding hydrogens is 186 g/mol. The largest absolute Gasteiger partial charge is 0.508 e. The van der Waals surface area contributed by atoms with Crippen LogP contribution in [0.2, 0.25) is 0 Å². The molecule has 1 fully saturated rings. The Labute approximate surface area is 91.5 Å². The van der Waals surface area contributed by atoms with E-state index in [9.17, 15) is 5.11 Å². The Morgan fingerprint density at radius 2 is 2.00 bits per heavy atom. The van der Waals surface area contributed by atoms with Gasteiger partial charge < -0.3 is 10.0 Å². The summed E-state index contributed by atoms with van der Waals surface area (Å²) in [5.41, 5.74) is 2.31. The summed E-state index contributed by atoms with van der Waals surface area (Å²) < 4.78 is 0. The maximum atomic E-state index is 9.41. The molecule has 0 atom stereocenters. The minimum Gasteiger partial charge on any atom is -0.508 e. The van der Waals surface area contributed by atoms with Gasteiger partial charge in [0, 0.05) is 6.54 Å². The molecule has 0 amide bonds. The van der Waals surface area contributed by atoms with Crippen molar-refractivity contribution in [3.05, 3.63) is 29.3 Å². The average molecular weight is 205 g/mol. The van der Waals surface area contributed by atoms with Gasteiger partial charge in [0.1, 0.15) is 5.75 Å². The van der Waals surface area contributed by atoms with Gasteiger partial charge in [-0.25, -0.2) is 0 Å². The molecule has 0 saturated carbocycles. The first-order valence-corrected chi connectivity index (χ1v) is 5.76. The van der Waals surface area contributed by atoms with Gasteiger partial charge in [-0.1, -0.05) is 12.1 Å². The second-order valence-corrected chi connectivity index (χ2v) is 4.42. The molecule has 82 valence electrons. The fourth-order valence-corrected chi connectivity index (χ4v) is 2.17. The van der Waals surface area contributed by atoms with Gasteiger partial charge >= 0.3 is 0 Å². The highest BCUT2D eigenvalue weighted by Crippen LogP contribution is 2.18. The predicted molar refractivity (Wildman–Crippen MR) is 62.2 cm³/mol. The van der Waals surface area contributed by atoms with Gasteiger partial charge in [-0.2, -0.15) is 0 Å². The summed E-state index contributed by atoms with van der Waals surface area (Å²) in [7, 11) is 0. The van der Waals surface area contributed by atoms with E-state index in [0.717, 1.165) is 18.5 Å². The Bertz CT molecular complexity index is 329. The van der Waals surface area contributed by atoms with E-state index in [0.29, 0.717) is 5.75 Å². The van der Waals surface area contributed by atoms with Crippen LogP contribution >= 0.6 is 0 Å². The third-order valence-corrected chi connectivity index (χ3v) is 3.18. The van der Waals surface area contributed by atoms with Crippen LogP contribution in [-0.4, -0.2) is 29.6 Å². The molecule has 0 unspecified atom stereocenters. The molecule has 1 saturated heterocycles. The topological polar surface area (TPSA) is 23.5 Å². The lowest BCUT2D eigenvalue weighted by molar-refractivity contribution is 0.343. The number of hydrogen-bond acceptors (Lipinski definition) is 2. The third kappa shape index (κ3) is 2.72. The Morgan fingerprint density at radius 1 is 1.27 bits per heavy atom. The Hall–Kier alpha value is -1.02. The maximum Gasteiger partial charge on any atom is 0.118 e. The first kappa shape index (κ1) is 10.5. The predicted octanol–water partition coefficient (Wildman–Crippen LogP) is 2.34. The first-order valence-electron chi connectivity index (χ1n) is 5.76. The zero-order valence-corrected chi connectivity index (χ0v) is 9.37. The Kier molecular flexibility index (Phi) is 3.27. The molecule has 1 aliphatic heterocycles. The van der Waals surface area contributed by atoms with Crippen molar-refractivity contribution in [3.8, 4) is 5.75 Å². The molecule has 1 aromatic carbocycles. The highest BCUT2D eigenvalue weighted by Gasteiger charge is 2.10. The molecule has 0 aliphatic carbocycles. The fourth-order valence-electron chi connectivity index (χ4n) is 2.17. The third-order valence-electron chi connectivity index (χ3n) is 3.18. The van der Waals surface area contributed by atoms with Crippen molar-refractivity contribution in [1.82, 2.24) is 4.90 Å². The quantitative estimate of drug-likeness (QED) is 0.818. The van der Waals surface area contributed by atoms with Gasteiger partial charge in [0.2, 0.25) is 0 Å². The minimum atomic E-state index is 0.403. The van der Waals surface area contributed by atoms with Gasteiger partial charge in [-0.15, -0.1) is 0 Å². The molecule has 1 N–H and O–H groups in total. The van der Waals surface area contributed by atoms with Crippen LogP contribution in [0.15, 0.2) is 18.2 Å². The first-order chi connectivity index (χ1) is 7.25. The molecule has 1 aromatic rings. The standard InChI is InChI=1S/C13H19NO/c1-11-10-12(4-5-13(11)15)6-9-14-7-2-3-8-14/h4-5,10,15H,2-3,6-9H2,1H3. The van der Waals surface area contributed by atoms with Crippen LogP contribution in [0.25, 0.3) is 0 Å². The highest BCUT2D eigenvalue weighted by atomic mass is 16.3. The lowest BCUT2D eigenvalue weighted by atomic mass is 10.1. The van der Waals surface area contributed by atoms with Crippen molar-refractivity contribution in [2.45, 2.75) is 26.2 Å². The summed E-state index contributed by atoms with van der Waals surface area (Å²) in [6.07, 6.45) is 3.81. The molecular formula is C13H19NO. The molecule has 0 bridgehead atoms. The number of benzene rings is 1. The number of hydrogen-bond donors (Lipinski definition) is 1. The van der Waals surface area contributed by atoms with Gasteiger partial charge in [-0.3, -0.25) is 0 Å². The molecule has 2 nitrogen and oxygen atoms in total. The van der Waals surface area contributed by atoms with E-state index in [-0.39, 0.29) is 0 Å². The Morgan fingerprint density at radius 3 is 2.67 bits per heavy atom. The van der Waals surface area contributed by atoms with Gasteiger partial charge in [-0.05, 0) is 56.5 Å². The normalized spacial score (nSPS) is 17.1. The van der Waals surface area contributed by atoms with Crippen LogP contribution in [0, 0.1) is 6.92 Å². The number of aryl methyl sites for hydroxylation is 1. The van der Waals surface area contributed by atoms with Crippen molar-refractivity contribution in [2.24, 2.45) is 0 Å². The van der Waals surface area contributed by atoms with Crippen LogP contribution in [0.5, 0.6) is 5.75 Å². The number of nitrogens with zero attached hydrogens (tertiary/aromatic N) is 1. The number of phenols is 1. The summed E-state index contributed by atoms with van der Waals surface area (Å²) in [5.74, 6) is 0.403. The van der Waals surface area contributed by atoms with Crippen LogP contribution < -0.4 is 0 Å². The minimum absolute atomic E-state index is 0.403. The van der Waals surface area contributed by atoms with E-state index >= 15 is 0 Å². The van der Waals surface area contributed by atoms with E-state index < -0.39 is 0 Å². The van der Waals surface area contributed by atoms with E-state index in [1.807, 2.05) is 13.0 Å². The average Bonchev–Trinajstić information content (AvgIpc) is 2.73. The summed E-state index contributed by atoms with van der Waals surface area (Å²) >= 11 is 0. The lowest BCUT2D eigenvalue weighted by Crippen LogP contribution is -2.21. The Balaban J connectivity index is 1.90. The molecule has 2 heteroatoms. The molecule has 1 aliphatic rings. The van der Waals surface area contributed by atoms with Crippen LogP contribution in [0.1, 0.15) is 24.0 Å². The fraction of sp³-hybridized carbons (Fsp3) is 0.538. The number of rotatable bonds is 3. The zero-order valence-electron chi connectivity index (χ0n) is 9.37. The van der Waals surface area contributed by atoms with Crippen molar-refractivity contribution >= 4 is 0 Å². The SMILES string of the molecule is Cc1cc(CCN2CCCC2)ccc1O. The molecule has 0 aromatic heterocycles. The molecule has 1 heterocycles. The monoisotopic (exact) mass is 205 g/mol. The lowest BCUT2D eigenvalue weighted by Gasteiger charge is -2.14. The molecule has 0 radical (unpaired) electrons. The molecule has 2 rings (SSSR count). The number of likely N-dealkylation sites (tertiary alicyclic amines) is 1. The zero-order chi connectivity index (χ0) is 10.7.